The van der Waals surface area contributed by atoms with Gasteiger partial charge in [-0.05, 0) is 13.7 Å². The highest BCUT2D eigenvalue weighted by Gasteiger charge is 1.45. The van der Waals surface area contributed by atoms with E-state index in [0.29, 0.717) is 0 Å². The summed E-state index contributed by atoms with van der Waals surface area (Å²) < 4.78 is 25.5. The van der Waals surface area contributed by atoms with Crippen LogP contribution in [-0.2, 0) is 13.7 Å². The Bertz CT molecular complexity index is 49.7. The molecule has 10 heavy (non-hydrogen) atoms. The van der Waals surface area contributed by atoms with Crippen molar-refractivity contribution < 1.29 is 28.4 Å². The summed E-state index contributed by atoms with van der Waals surface area (Å²) in [5.74, 6) is 0. The summed E-state index contributed by atoms with van der Waals surface area (Å²) in [6, 6.07) is 0. The highest BCUT2D eigenvalue weighted by atomic mass is 31.1. The minimum absolute atomic E-state index is 0. The second kappa shape index (κ2) is 53.5. The maximum Gasteiger partial charge on any atom is 0.491 e. The van der Waals surface area contributed by atoms with E-state index in [1.165, 1.54) is 0 Å². The maximum atomic E-state index is 8.51. The third-order valence-corrected chi connectivity index (χ3v) is 0. The van der Waals surface area contributed by atoms with E-state index in [1.54, 1.807) is 0 Å². The van der Waals surface area contributed by atoms with Gasteiger partial charge in [-0.1, -0.05) is 0 Å². The summed E-state index contributed by atoms with van der Waals surface area (Å²) in [5.41, 5.74) is 0. The van der Waals surface area contributed by atoms with Gasteiger partial charge in [-0.15, -0.1) is 0 Å². The number of hydrogen-bond donors (Lipinski definition) is 3. The van der Waals surface area contributed by atoms with Crippen molar-refractivity contribution in [2.45, 2.75) is 0 Å². The van der Waals surface area contributed by atoms with Crippen molar-refractivity contribution >= 4 is 43.4 Å². The van der Waals surface area contributed by atoms with Crippen LogP contribution in [0.5, 0.6) is 0 Å². The molecule has 0 amide bonds. The fraction of sp³-hybridized carbons (Fsp3) is 0. The first-order chi connectivity index (χ1) is 4.24. The molecule has 0 aromatic heterocycles. The lowest BCUT2D eigenvalue weighted by Gasteiger charge is -1.08. The number of hydrogen-bond acceptors (Lipinski definition) is 3. The van der Waals surface area contributed by atoms with Crippen LogP contribution >= 0.6 is 26.1 Å². The van der Waals surface area contributed by atoms with Gasteiger partial charge in [0.2, 0.25) is 0 Å². The standard InChI is InChI=1S/Al.3HO2P/c;3*1-3-2/h;3*3H/p+3. The first-order valence-corrected chi connectivity index (χ1v) is 3.85. The molecule has 0 aliphatic rings. The third kappa shape index (κ3) is 1020. The van der Waals surface area contributed by atoms with E-state index < -0.39 is 26.1 Å². The van der Waals surface area contributed by atoms with E-state index in [0.717, 1.165) is 0 Å². The largest absolute Gasteiger partial charge is 0.491 e. The van der Waals surface area contributed by atoms with E-state index in [1.807, 2.05) is 0 Å². The summed E-state index contributed by atoms with van der Waals surface area (Å²) in [6.45, 7) is 0. The molecule has 6 nitrogen and oxygen atoms in total. The van der Waals surface area contributed by atoms with Gasteiger partial charge in [-0.25, -0.2) is 0 Å². The van der Waals surface area contributed by atoms with Gasteiger partial charge in [-0.3, -0.25) is 0 Å². The zero-order chi connectivity index (χ0) is 8.12. The van der Waals surface area contributed by atoms with Crippen LogP contribution in [-0.4, -0.2) is 32.0 Å². The Balaban J connectivity index is -0.0000000257. The smallest absolute Gasteiger partial charge is 0.162 e. The molecule has 0 aromatic rings. The summed E-state index contributed by atoms with van der Waals surface area (Å²) in [5, 5.41) is 0. The van der Waals surface area contributed by atoms with Gasteiger partial charge < -0.3 is 0 Å². The Kier molecular flexibility index (Phi) is 120. The van der Waals surface area contributed by atoms with Crippen molar-refractivity contribution in [2.24, 2.45) is 0 Å². The van der Waals surface area contributed by atoms with Crippen molar-refractivity contribution in [2.75, 3.05) is 0 Å². The Morgan fingerprint density at radius 3 is 0.700 bits per heavy atom. The van der Waals surface area contributed by atoms with Gasteiger partial charge in [0.05, 0.1) is 0 Å². The third-order valence-electron chi connectivity index (χ3n) is 0. The Hall–Kier alpha value is 0.712. The second-order valence-corrected chi connectivity index (χ2v) is 0.822. The molecule has 3 N–H and O–H groups in total. The molecule has 3 unspecified atom stereocenters. The van der Waals surface area contributed by atoms with Crippen LogP contribution in [0.1, 0.15) is 0 Å². The second-order valence-electron chi connectivity index (χ2n) is 0.274. The predicted molar refractivity (Wildman–Crippen MR) is 39.4 cm³/mol. The van der Waals surface area contributed by atoms with Crippen molar-refractivity contribution in [1.82, 2.24) is 0 Å². The molecule has 0 aliphatic carbocycles. The van der Waals surface area contributed by atoms with Gasteiger partial charge in [0.15, 0.2) is 0 Å². The summed E-state index contributed by atoms with van der Waals surface area (Å²) in [7, 11) is -3.50. The molecule has 3 radical (unpaired) electrons. The van der Waals surface area contributed by atoms with Gasteiger partial charge in [-0.2, -0.15) is 14.7 Å². The van der Waals surface area contributed by atoms with Gasteiger partial charge in [0, 0.05) is 17.4 Å². The fourth-order valence-electron chi connectivity index (χ4n) is 0. The lowest BCUT2D eigenvalue weighted by Crippen LogP contribution is -1.03. The van der Waals surface area contributed by atoms with Crippen molar-refractivity contribution in [3.63, 3.8) is 0 Å². The van der Waals surface area contributed by atoms with Crippen LogP contribution in [0.3, 0.4) is 0 Å². The van der Waals surface area contributed by atoms with Gasteiger partial charge in [0.1, 0.15) is 0 Å². The Morgan fingerprint density at radius 1 is 0.700 bits per heavy atom. The van der Waals surface area contributed by atoms with Crippen LogP contribution in [0.4, 0.5) is 0 Å². The SMILES string of the molecule is O=[PH+]O.O=[PH+]O.O=[PH+]O.[Al]. The van der Waals surface area contributed by atoms with Crippen LogP contribution in [0.15, 0.2) is 0 Å². The molecule has 0 aliphatic heterocycles. The predicted octanol–water partition coefficient (Wildman–Crippen LogP) is -0.628. The lowest BCUT2D eigenvalue weighted by molar-refractivity contribution is 0.523. The summed E-state index contributed by atoms with van der Waals surface area (Å²) in [6.07, 6.45) is 0. The molecule has 0 rings (SSSR count). The maximum absolute atomic E-state index is 8.51. The van der Waals surface area contributed by atoms with Crippen molar-refractivity contribution in [3.8, 4) is 0 Å². The fourth-order valence-corrected chi connectivity index (χ4v) is 0. The zero-order valence-corrected chi connectivity index (χ0v) is 8.80. The molecule has 10 heteroatoms. The molecule has 0 saturated carbocycles. The molecule has 57 valence electrons. The van der Waals surface area contributed by atoms with Crippen LogP contribution in [0.2, 0.25) is 0 Å². The molecule has 0 saturated heterocycles. The molecule has 3 atom stereocenters. The highest BCUT2D eigenvalue weighted by molar-refractivity contribution is 7.16. The van der Waals surface area contributed by atoms with Gasteiger partial charge >= 0.3 is 26.1 Å². The van der Waals surface area contributed by atoms with Crippen molar-refractivity contribution in [3.05, 3.63) is 0 Å². The Morgan fingerprint density at radius 2 is 0.700 bits per heavy atom. The zero-order valence-electron chi connectivity index (χ0n) is 4.64. The quantitative estimate of drug-likeness (QED) is 0.371. The monoisotopic (exact) mass is 222 g/mol. The normalized spacial score (nSPS) is 6.30. The average molecular weight is 222 g/mol. The molecule has 0 spiro atoms. The minimum Gasteiger partial charge on any atom is -0.162 e. The van der Waals surface area contributed by atoms with Crippen LogP contribution in [0, 0.1) is 0 Å². The average Bonchev–Trinajstić information content (AvgIpc) is 1.70. The van der Waals surface area contributed by atoms with E-state index in [9.17, 15) is 0 Å². The summed E-state index contributed by atoms with van der Waals surface area (Å²) in [4.78, 5) is 21.1. The summed E-state index contributed by atoms with van der Waals surface area (Å²) >= 11 is 0. The molecular weight excluding hydrogens is 216 g/mol. The van der Waals surface area contributed by atoms with Crippen molar-refractivity contribution in [1.29, 1.82) is 0 Å². The topological polar surface area (TPSA) is 112 Å². The molecule has 0 aromatic carbocycles. The number of rotatable bonds is 0. The molecule has 0 heterocycles. The van der Waals surface area contributed by atoms with E-state index >= 15 is 0 Å². The first kappa shape index (κ1) is 22.4. The van der Waals surface area contributed by atoms with Gasteiger partial charge in [0.25, 0.3) is 0 Å². The first-order valence-electron chi connectivity index (χ1n) is 1.28. The van der Waals surface area contributed by atoms with Crippen LogP contribution < -0.4 is 0 Å². The van der Waals surface area contributed by atoms with Crippen LogP contribution in [0.25, 0.3) is 0 Å². The lowest BCUT2D eigenvalue weighted by atomic mass is 15.9. The van der Waals surface area contributed by atoms with E-state index in [-0.39, 0.29) is 17.4 Å². The van der Waals surface area contributed by atoms with E-state index in [4.69, 9.17) is 28.4 Å². The molecule has 0 bridgehead atoms. The highest BCUT2D eigenvalue weighted by Crippen LogP contribution is 1.66. The Labute approximate surface area is 72.3 Å². The minimum atomic E-state index is -1.17. The molecule has 0 fully saturated rings. The molecular formula is H6AlO6P3+3. The van der Waals surface area contributed by atoms with E-state index in [2.05, 4.69) is 0 Å².